The summed E-state index contributed by atoms with van der Waals surface area (Å²) in [5.41, 5.74) is 1.73. The van der Waals surface area contributed by atoms with Gasteiger partial charge in [-0.3, -0.25) is 0 Å². The first-order valence-electron chi connectivity index (χ1n) is 2.57. The lowest BCUT2D eigenvalue weighted by Crippen LogP contribution is -2.48. The molecule has 1 N–H and O–H groups in total. The van der Waals surface area contributed by atoms with E-state index in [2.05, 4.69) is 10.3 Å². The van der Waals surface area contributed by atoms with Gasteiger partial charge in [-0.25, -0.2) is 5.53 Å². The van der Waals surface area contributed by atoms with Gasteiger partial charge in [0.05, 0.1) is 6.54 Å². The van der Waals surface area contributed by atoms with Gasteiger partial charge in [0.15, 0.2) is 0 Å². The third-order valence-corrected chi connectivity index (χ3v) is 0.966. The Bertz CT molecular complexity index is 141. The summed E-state index contributed by atoms with van der Waals surface area (Å²) < 4.78 is 35.1. The molecular formula is C3H5F3N4. The number of hydrazine groups is 1. The molecule has 0 aromatic heterocycles. The third kappa shape index (κ3) is 1.56. The van der Waals surface area contributed by atoms with Crippen molar-refractivity contribution in [3.8, 4) is 0 Å². The minimum atomic E-state index is -4.36. The first-order valence-corrected chi connectivity index (χ1v) is 2.57. The van der Waals surface area contributed by atoms with Crippen LogP contribution in [0.3, 0.4) is 0 Å². The number of nitrogens with zero attached hydrogens (tertiary/aromatic N) is 3. The minimum absolute atomic E-state index is 0.0694. The van der Waals surface area contributed by atoms with Crippen molar-refractivity contribution < 1.29 is 13.2 Å². The largest absolute Gasteiger partial charge is 0.478 e. The Morgan fingerprint density at radius 1 is 1.40 bits per heavy atom. The minimum Gasteiger partial charge on any atom is -0.214 e. The molecule has 0 saturated carbocycles. The highest BCUT2D eigenvalue weighted by molar-refractivity contribution is 4.57. The first-order chi connectivity index (χ1) is 4.61. The zero-order valence-corrected chi connectivity index (χ0v) is 4.89. The molecule has 0 saturated heterocycles. The van der Waals surface area contributed by atoms with Gasteiger partial charge in [-0.2, -0.15) is 18.3 Å². The van der Waals surface area contributed by atoms with E-state index in [0.717, 1.165) is 0 Å². The van der Waals surface area contributed by atoms with Crippen LogP contribution in [0.25, 0.3) is 0 Å². The Kier molecular flexibility index (Phi) is 1.75. The van der Waals surface area contributed by atoms with Crippen molar-refractivity contribution in [3.63, 3.8) is 0 Å². The van der Waals surface area contributed by atoms with Gasteiger partial charge in [0.2, 0.25) is 0 Å². The van der Waals surface area contributed by atoms with E-state index in [9.17, 15) is 13.2 Å². The van der Waals surface area contributed by atoms with E-state index in [1.54, 1.807) is 5.53 Å². The lowest BCUT2D eigenvalue weighted by Gasteiger charge is -2.23. The number of alkyl halides is 3. The Morgan fingerprint density at radius 2 is 2.10 bits per heavy atom. The molecule has 4 nitrogen and oxygen atoms in total. The molecule has 0 amide bonds. The van der Waals surface area contributed by atoms with E-state index in [4.69, 9.17) is 0 Å². The quantitative estimate of drug-likeness (QED) is 0.521. The van der Waals surface area contributed by atoms with Crippen LogP contribution in [0.4, 0.5) is 13.2 Å². The molecule has 1 aliphatic heterocycles. The van der Waals surface area contributed by atoms with E-state index in [1.807, 2.05) is 0 Å². The van der Waals surface area contributed by atoms with Crippen molar-refractivity contribution in [2.45, 2.75) is 6.30 Å². The fraction of sp³-hybridized carbons (Fsp3) is 1.00. The van der Waals surface area contributed by atoms with Gasteiger partial charge in [0, 0.05) is 6.54 Å². The summed E-state index contributed by atoms with van der Waals surface area (Å²) in [5.74, 6) is 0. The van der Waals surface area contributed by atoms with Crippen molar-refractivity contribution in [3.05, 3.63) is 0 Å². The highest BCUT2D eigenvalue weighted by Crippen LogP contribution is 2.19. The molecular weight excluding hydrogens is 149 g/mol. The van der Waals surface area contributed by atoms with Crippen molar-refractivity contribution in [2.75, 3.05) is 13.1 Å². The lowest BCUT2D eigenvalue weighted by molar-refractivity contribution is -0.266. The smallest absolute Gasteiger partial charge is 0.214 e. The summed E-state index contributed by atoms with van der Waals surface area (Å²) in [7, 11) is 0. The van der Waals surface area contributed by atoms with E-state index in [-0.39, 0.29) is 18.1 Å². The molecule has 0 aliphatic carbocycles. The Morgan fingerprint density at radius 3 is 2.40 bits per heavy atom. The fourth-order valence-electron chi connectivity index (χ4n) is 0.514. The molecule has 0 fully saturated rings. The van der Waals surface area contributed by atoms with E-state index < -0.39 is 6.30 Å². The summed E-state index contributed by atoms with van der Waals surface area (Å²) in [6.45, 7) is -0.112. The van der Waals surface area contributed by atoms with Crippen LogP contribution in [0.15, 0.2) is 10.3 Å². The standard InChI is InChI=1S/C3H5F3N4/c4-3(5,6)10-2-1-7-8-9-10/h1-2H2,(H,7,9). The molecule has 0 aromatic rings. The zero-order valence-electron chi connectivity index (χ0n) is 4.89. The van der Waals surface area contributed by atoms with E-state index in [0.29, 0.717) is 0 Å². The number of rotatable bonds is 0. The third-order valence-electron chi connectivity index (χ3n) is 0.966. The molecule has 1 rings (SSSR count). The normalized spacial score (nSPS) is 20.7. The average Bonchev–Trinajstić information content (AvgIpc) is 1.88. The van der Waals surface area contributed by atoms with Crippen molar-refractivity contribution in [1.82, 2.24) is 10.5 Å². The summed E-state index contributed by atoms with van der Waals surface area (Å²) in [6, 6.07) is 0. The number of halogens is 3. The van der Waals surface area contributed by atoms with Crippen LogP contribution in [0, 0.1) is 0 Å². The number of nitrogens with one attached hydrogen (secondary N) is 1. The Labute approximate surface area is 54.7 Å². The maximum Gasteiger partial charge on any atom is 0.478 e. The van der Waals surface area contributed by atoms with Crippen molar-refractivity contribution in [1.29, 1.82) is 0 Å². The SMILES string of the molecule is FC(F)(F)N1CCN=NN1. The molecule has 0 radical (unpaired) electrons. The highest BCUT2D eigenvalue weighted by atomic mass is 19.4. The van der Waals surface area contributed by atoms with Gasteiger partial charge in [-0.15, -0.1) is 5.01 Å². The predicted molar refractivity (Wildman–Crippen MR) is 25.6 cm³/mol. The lowest BCUT2D eigenvalue weighted by atomic mass is 10.6. The van der Waals surface area contributed by atoms with Crippen LogP contribution in [0.1, 0.15) is 0 Å². The van der Waals surface area contributed by atoms with Crippen LogP contribution < -0.4 is 5.53 Å². The van der Waals surface area contributed by atoms with Crippen LogP contribution in [-0.2, 0) is 0 Å². The van der Waals surface area contributed by atoms with Crippen LogP contribution in [-0.4, -0.2) is 24.4 Å². The van der Waals surface area contributed by atoms with Crippen molar-refractivity contribution in [2.24, 2.45) is 10.3 Å². The van der Waals surface area contributed by atoms with Gasteiger partial charge in [0.1, 0.15) is 0 Å². The van der Waals surface area contributed by atoms with E-state index in [1.165, 1.54) is 0 Å². The second-order valence-electron chi connectivity index (χ2n) is 1.68. The molecule has 0 unspecified atom stereocenters. The average molecular weight is 154 g/mol. The summed E-state index contributed by atoms with van der Waals surface area (Å²) in [6.07, 6.45) is -4.36. The maximum absolute atomic E-state index is 11.7. The van der Waals surface area contributed by atoms with Gasteiger partial charge in [-0.05, 0) is 0 Å². The maximum atomic E-state index is 11.7. The summed E-state index contributed by atoms with van der Waals surface area (Å²) >= 11 is 0. The topological polar surface area (TPSA) is 40.0 Å². The molecule has 58 valence electrons. The number of hydrogen-bond donors (Lipinski definition) is 1. The van der Waals surface area contributed by atoms with Gasteiger partial charge in [-0.1, -0.05) is 5.22 Å². The second kappa shape index (κ2) is 2.41. The van der Waals surface area contributed by atoms with Crippen LogP contribution in [0.5, 0.6) is 0 Å². The molecule has 0 atom stereocenters. The van der Waals surface area contributed by atoms with Crippen LogP contribution in [0.2, 0.25) is 0 Å². The molecule has 1 aliphatic rings. The molecule has 0 bridgehead atoms. The van der Waals surface area contributed by atoms with Crippen molar-refractivity contribution >= 4 is 0 Å². The van der Waals surface area contributed by atoms with E-state index >= 15 is 0 Å². The zero-order chi connectivity index (χ0) is 7.61. The Hall–Kier alpha value is -0.850. The summed E-state index contributed by atoms with van der Waals surface area (Å²) in [5, 5.41) is 6.39. The second-order valence-corrected chi connectivity index (χ2v) is 1.68. The van der Waals surface area contributed by atoms with Gasteiger partial charge >= 0.3 is 6.30 Å². The first kappa shape index (κ1) is 7.26. The Balaban J connectivity index is 2.49. The highest BCUT2D eigenvalue weighted by Gasteiger charge is 2.38. The molecule has 1 heterocycles. The predicted octanol–water partition coefficient (Wildman–Crippen LogP) is 0.694. The molecule has 7 heteroatoms. The summed E-state index contributed by atoms with van der Waals surface area (Å²) in [4.78, 5) is 0. The monoisotopic (exact) mass is 154 g/mol. The van der Waals surface area contributed by atoms with Gasteiger partial charge in [0.25, 0.3) is 0 Å². The molecule has 0 spiro atoms. The molecule has 10 heavy (non-hydrogen) atoms. The van der Waals surface area contributed by atoms with Crippen LogP contribution >= 0.6 is 0 Å². The fourth-order valence-corrected chi connectivity index (χ4v) is 0.514. The van der Waals surface area contributed by atoms with Gasteiger partial charge < -0.3 is 0 Å². The number of hydrogen-bond acceptors (Lipinski definition) is 4. The molecule has 0 aromatic carbocycles.